The number of methoxy groups -OCH3 is 2. The fourth-order valence-electron chi connectivity index (χ4n) is 2.34. The van der Waals surface area contributed by atoms with Crippen LogP contribution in [-0.4, -0.2) is 38.2 Å². The highest BCUT2D eigenvalue weighted by molar-refractivity contribution is 7.80. The molecular formula is C20H24ClN3O3S. The summed E-state index contributed by atoms with van der Waals surface area (Å²) in [7, 11) is 3.24. The lowest BCUT2D eigenvalue weighted by atomic mass is 10.2. The summed E-state index contributed by atoms with van der Waals surface area (Å²) < 4.78 is 16.3. The number of nitrogens with zero attached hydrogens (tertiary/aromatic N) is 1. The monoisotopic (exact) mass is 421 g/mol. The van der Waals surface area contributed by atoms with Crippen LogP contribution in [0, 0.1) is 0 Å². The molecule has 2 aromatic carbocycles. The molecule has 0 spiro atoms. The highest BCUT2D eigenvalue weighted by atomic mass is 35.5. The lowest BCUT2D eigenvalue weighted by Crippen LogP contribution is -2.40. The topological polar surface area (TPSA) is 64.1 Å². The third-order valence-electron chi connectivity index (χ3n) is 3.67. The summed E-state index contributed by atoms with van der Waals surface area (Å²) in [5.41, 5.74) is 4.64. The van der Waals surface area contributed by atoms with E-state index in [4.69, 9.17) is 38.0 Å². The second-order valence-electron chi connectivity index (χ2n) is 6.03. The number of hydrogen-bond donors (Lipinski definition) is 2. The maximum Gasteiger partial charge on any atom is 0.187 e. The van der Waals surface area contributed by atoms with Gasteiger partial charge < -0.3 is 19.5 Å². The van der Waals surface area contributed by atoms with Crippen molar-refractivity contribution < 1.29 is 14.2 Å². The van der Waals surface area contributed by atoms with Crippen molar-refractivity contribution in [2.45, 2.75) is 19.6 Å². The first kappa shape index (κ1) is 21.9. The number of hydrogen-bond acceptors (Lipinski definition) is 5. The third kappa shape index (κ3) is 7.34. The van der Waals surface area contributed by atoms with Gasteiger partial charge in [-0.1, -0.05) is 23.7 Å². The van der Waals surface area contributed by atoms with Crippen LogP contribution >= 0.6 is 23.8 Å². The number of hydrazone groups is 1. The van der Waals surface area contributed by atoms with Crippen molar-refractivity contribution in [3.63, 3.8) is 0 Å². The third-order valence-corrected chi connectivity index (χ3v) is 4.13. The molecule has 2 aromatic rings. The minimum Gasteiger partial charge on any atom is -0.493 e. The van der Waals surface area contributed by atoms with Gasteiger partial charge in [0.15, 0.2) is 16.6 Å². The van der Waals surface area contributed by atoms with Gasteiger partial charge in [-0.05, 0) is 60.6 Å². The number of halogens is 1. The molecule has 0 heterocycles. The molecule has 6 nitrogen and oxygen atoms in total. The highest BCUT2D eigenvalue weighted by Gasteiger charge is 2.06. The molecule has 2 N–H and O–H groups in total. The van der Waals surface area contributed by atoms with Crippen molar-refractivity contribution in [2.75, 3.05) is 20.8 Å². The van der Waals surface area contributed by atoms with Crippen LogP contribution in [0.15, 0.2) is 47.6 Å². The van der Waals surface area contributed by atoms with Gasteiger partial charge in [0.05, 0.1) is 19.9 Å². The Kier molecular flexibility index (Phi) is 9.00. The van der Waals surface area contributed by atoms with Crippen LogP contribution in [-0.2, 0) is 11.3 Å². The SMILES string of the molecule is COC[C@H](C)NC(=S)N/N=C\c1ccc(OCc2ccc(Cl)cc2)c(OC)c1. The Morgan fingerprint density at radius 3 is 2.61 bits per heavy atom. The van der Waals surface area contributed by atoms with E-state index in [1.807, 2.05) is 49.4 Å². The smallest absolute Gasteiger partial charge is 0.187 e. The summed E-state index contributed by atoms with van der Waals surface area (Å²) >= 11 is 11.1. The summed E-state index contributed by atoms with van der Waals surface area (Å²) in [6, 6.07) is 13.2. The van der Waals surface area contributed by atoms with E-state index >= 15 is 0 Å². The molecule has 150 valence electrons. The summed E-state index contributed by atoms with van der Waals surface area (Å²) in [6.07, 6.45) is 1.65. The van der Waals surface area contributed by atoms with Gasteiger partial charge in [0.2, 0.25) is 0 Å². The Bertz CT molecular complexity index is 800. The Morgan fingerprint density at radius 1 is 1.18 bits per heavy atom. The Labute approximate surface area is 175 Å². The fourth-order valence-corrected chi connectivity index (χ4v) is 2.72. The molecule has 0 bridgehead atoms. The van der Waals surface area contributed by atoms with Crippen molar-refractivity contribution in [1.29, 1.82) is 0 Å². The molecule has 1 atom stereocenters. The average Bonchev–Trinajstić information content (AvgIpc) is 2.68. The van der Waals surface area contributed by atoms with Crippen molar-refractivity contribution >= 4 is 35.1 Å². The average molecular weight is 422 g/mol. The summed E-state index contributed by atoms with van der Waals surface area (Å²) in [5.74, 6) is 1.26. The largest absolute Gasteiger partial charge is 0.493 e. The van der Waals surface area contributed by atoms with Crippen LogP contribution in [0.2, 0.25) is 5.02 Å². The van der Waals surface area contributed by atoms with Crippen molar-refractivity contribution in [1.82, 2.24) is 10.7 Å². The molecule has 0 unspecified atom stereocenters. The number of rotatable bonds is 9. The summed E-state index contributed by atoms with van der Waals surface area (Å²) in [6.45, 7) is 2.94. The molecule has 28 heavy (non-hydrogen) atoms. The molecule has 2 rings (SSSR count). The van der Waals surface area contributed by atoms with Crippen LogP contribution in [0.25, 0.3) is 0 Å². The van der Waals surface area contributed by atoms with Crippen molar-refractivity contribution in [3.05, 3.63) is 58.6 Å². The van der Waals surface area contributed by atoms with Crippen LogP contribution in [0.4, 0.5) is 0 Å². The Hall–Kier alpha value is -2.35. The van der Waals surface area contributed by atoms with Gasteiger partial charge in [0.1, 0.15) is 6.61 Å². The summed E-state index contributed by atoms with van der Waals surface area (Å²) in [5, 5.41) is 8.32. The van der Waals surface area contributed by atoms with E-state index in [1.165, 1.54) is 0 Å². The molecule has 0 amide bonds. The molecule has 8 heteroatoms. The summed E-state index contributed by atoms with van der Waals surface area (Å²) in [4.78, 5) is 0. The molecule has 0 saturated carbocycles. The van der Waals surface area contributed by atoms with E-state index in [0.717, 1.165) is 11.1 Å². The minimum atomic E-state index is 0.0948. The number of nitrogens with one attached hydrogen (secondary N) is 2. The lowest BCUT2D eigenvalue weighted by Gasteiger charge is -2.14. The predicted molar refractivity (Wildman–Crippen MR) is 117 cm³/mol. The quantitative estimate of drug-likeness (QED) is 0.365. The van der Waals surface area contributed by atoms with Crippen LogP contribution in [0.3, 0.4) is 0 Å². The van der Waals surface area contributed by atoms with Gasteiger partial charge in [0, 0.05) is 18.2 Å². The zero-order valence-electron chi connectivity index (χ0n) is 16.1. The Morgan fingerprint density at radius 2 is 1.93 bits per heavy atom. The number of thiocarbonyl (C=S) groups is 1. The predicted octanol–water partition coefficient (Wildman–Crippen LogP) is 3.76. The fraction of sp³-hybridized carbons (Fsp3) is 0.300. The second-order valence-corrected chi connectivity index (χ2v) is 6.87. The second kappa shape index (κ2) is 11.5. The van der Waals surface area contributed by atoms with Crippen molar-refractivity contribution in [3.8, 4) is 11.5 Å². The molecule has 0 radical (unpaired) electrons. The van der Waals surface area contributed by atoms with Gasteiger partial charge in [-0.25, -0.2) is 0 Å². The van der Waals surface area contributed by atoms with Gasteiger partial charge >= 0.3 is 0 Å². The number of ether oxygens (including phenoxy) is 3. The highest BCUT2D eigenvalue weighted by Crippen LogP contribution is 2.28. The maximum atomic E-state index is 5.90. The van der Waals surface area contributed by atoms with E-state index < -0.39 is 0 Å². The molecule has 0 saturated heterocycles. The number of benzene rings is 2. The zero-order chi connectivity index (χ0) is 20.4. The first-order valence-corrected chi connectivity index (χ1v) is 9.44. The van der Waals surface area contributed by atoms with E-state index in [-0.39, 0.29) is 6.04 Å². The van der Waals surface area contributed by atoms with Gasteiger partial charge in [-0.2, -0.15) is 5.10 Å². The van der Waals surface area contributed by atoms with Crippen LogP contribution in [0.1, 0.15) is 18.1 Å². The minimum absolute atomic E-state index is 0.0948. The molecule has 0 fully saturated rings. The molecule has 0 aliphatic rings. The normalized spacial score (nSPS) is 11.9. The standard InChI is InChI=1S/C20H24ClN3O3S/c1-14(12-25-2)23-20(28)24-22-11-16-6-9-18(19(10-16)26-3)27-13-15-4-7-17(21)8-5-15/h4-11,14H,12-13H2,1-3H3,(H2,23,24,28)/b22-11-/t14-/m0/s1. The molecule has 0 aromatic heterocycles. The van der Waals surface area contributed by atoms with E-state index in [2.05, 4.69) is 15.8 Å². The van der Waals surface area contributed by atoms with E-state index in [1.54, 1.807) is 20.4 Å². The van der Waals surface area contributed by atoms with Gasteiger partial charge in [-0.15, -0.1) is 0 Å². The Balaban J connectivity index is 1.92. The van der Waals surface area contributed by atoms with Gasteiger partial charge in [0.25, 0.3) is 0 Å². The lowest BCUT2D eigenvalue weighted by molar-refractivity contribution is 0.179. The molecular weight excluding hydrogens is 398 g/mol. The first-order chi connectivity index (χ1) is 13.5. The van der Waals surface area contributed by atoms with Crippen LogP contribution < -0.4 is 20.2 Å². The van der Waals surface area contributed by atoms with Gasteiger partial charge in [-0.3, -0.25) is 5.43 Å². The first-order valence-electron chi connectivity index (χ1n) is 8.65. The van der Waals surface area contributed by atoms with Crippen molar-refractivity contribution in [2.24, 2.45) is 5.10 Å². The molecule has 0 aliphatic heterocycles. The van der Waals surface area contributed by atoms with Crippen LogP contribution in [0.5, 0.6) is 11.5 Å². The van der Waals surface area contributed by atoms with E-state index in [9.17, 15) is 0 Å². The molecule has 0 aliphatic carbocycles. The van der Waals surface area contributed by atoms with E-state index in [0.29, 0.717) is 34.8 Å². The zero-order valence-corrected chi connectivity index (χ0v) is 17.6. The maximum absolute atomic E-state index is 5.90.